The van der Waals surface area contributed by atoms with E-state index in [0.29, 0.717) is 6.07 Å². The lowest BCUT2D eigenvalue weighted by atomic mass is 10.1. The van der Waals surface area contributed by atoms with E-state index in [1.165, 1.54) is 11.3 Å². The molecular weight excluding hydrogens is 256 g/mol. The predicted octanol–water partition coefficient (Wildman–Crippen LogP) is 3.52. The maximum Gasteiger partial charge on any atom is 0.254 e. The molecule has 0 aliphatic heterocycles. The van der Waals surface area contributed by atoms with Gasteiger partial charge in [0.1, 0.15) is 11.6 Å². The highest BCUT2D eigenvalue weighted by atomic mass is 32.1. The number of nitrogens with one attached hydrogen (secondary N) is 1. The number of benzene rings is 1. The summed E-state index contributed by atoms with van der Waals surface area (Å²) in [6.45, 7) is 1.81. The average Bonchev–Trinajstić information content (AvgIpc) is 2.81. The van der Waals surface area contributed by atoms with Crippen molar-refractivity contribution in [3.63, 3.8) is 0 Å². The van der Waals surface area contributed by atoms with E-state index in [-0.39, 0.29) is 11.6 Å². The van der Waals surface area contributed by atoms with Crippen molar-refractivity contribution in [1.29, 1.82) is 0 Å². The fourth-order valence-electron chi connectivity index (χ4n) is 1.56. The molecule has 1 heterocycles. The molecule has 0 aliphatic carbocycles. The van der Waals surface area contributed by atoms with Crippen LogP contribution in [-0.4, -0.2) is 5.91 Å². The second-order valence-corrected chi connectivity index (χ2v) is 4.81. The molecule has 0 aliphatic rings. The number of halogens is 2. The van der Waals surface area contributed by atoms with Crippen LogP contribution in [0.15, 0.2) is 35.7 Å². The van der Waals surface area contributed by atoms with Gasteiger partial charge >= 0.3 is 0 Å². The van der Waals surface area contributed by atoms with Gasteiger partial charge in [0.05, 0.1) is 11.6 Å². The summed E-state index contributed by atoms with van der Waals surface area (Å²) in [5.74, 6) is -2.10. The molecule has 1 N–H and O–H groups in total. The van der Waals surface area contributed by atoms with Crippen molar-refractivity contribution in [2.75, 3.05) is 0 Å². The number of carbonyl (C=O) groups excluding carboxylic acids is 1. The monoisotopic (exact) mass is 267 g/mol. The van der Waals surface area contributed by atoms with Gasteiger partial charge in [-0.05, 0) is 30.5 Å². The summed E-state index contributed by atoms with van der Waals surface area (Å²) in [6, 6.07) is 6.46. The Kier molecular flexibility index (Phi) is 3.72. The van der Waals surface area contributed by atoms with Crippen LogP contribution in [-0.2, 0) is 0 Å². The van der Waals surface area contributed by atoms with Gasteiger partial charge in [0.25, 0.3) is 5.91 Å². The van der Waals surface area contributed by atoms with Crippen LogP contribution in [0.1, 0.15) is 28.2 Å². The third kappa shape index (κ3) is 2.73. The minimum atomic E-state index is -0.856. The molecule has 0 radical (unpaired) electrons. The molecule has 1 atom stereocenters. The highest BCUT2D eigenvalue weighted by molar-refractivity contribution is 7.10. The van der Waals surface area contributed by atoms with Gasteiger partial charge in [-0.15, -0.1) is 11.3 Å². The molecule has 1 aromatic heterocycles. The van der Waals surface area contributed by atoms with E-state index >= 15 is 0 Å². The number of hydrogen-bond acceptors (Lipinski definition) is 2. The average molecular weight is 267 g/mol. The second kappa shape index (κ2) is 5.27. The first-order valence-electron chi connectivity index (χ1n) is 5.37. The second-order valence-electron chi connectivity index (χ2n) is 3.83. The number of thiophene rings is 1. The molecule has 0 bridgehead atoms. The van der Waals surface area contributed by atoms with Crippen LogP contribution in [0.3, 0.4) is 0 Å². The van der Waals surface area contributed by atoms with Crippen LogP contribution in [0, 0.1) is 11.6 Å². The number of hydrogen-bond donors (Lipinski definition) is 1. The Labute approximate surface area is 107 Å². The van der Waals surface area contributed by atoms with E-state index in [1.54, 1.807) is 0 Å². The van der Waals surface area contributed by atoms with Gasteiger partial charge in [-0.1, -0.05) is 6.07 Å². The summed E-state index contributed by atoms with van der Waals surface area (Å²) in [4.78, 5) is 12.8. The SMILES string of the molecule is C[C@@H](NC(=O)c1ccc(F)cc1F)c1cccs1. The van der Waals surface area contributed by atoms with Crippen molar-refractivity contribution in [3.05, 3.63) is 57.8 Å². The van der Waals surface area contributed by atoms with E-state index in [0.717, 1.165) is 17.0 Å². The number of carbonyl (C=O) groups is 1. The van der Waals surface area contributed by atoms with E-state index in [2.05, 4.69) is 5.32 Å². The topological polar surface area (TPSA) is 29.1 Å². The summed E-state index contributed by atoms with van der Waals surface area (Å²) < 4.78 is 26.1. The summed E-state index contributed by atoms with van der Waals surface area (Å²) >= 11 is 1.51. The fourth-order valence-corrected chi connectivity index (χ4v) is 2.29. The predicted molar refractivity (Wildman–Crippen MR) is 66.6 cm³/mol. The minimum absolute atomic E-state index is 0.153. The van der Waals surface area contributed by atoms with Crippen LogP contribution in [0.4, 0.5) is 8.78 Å². The zero-order valence-electron chi connectivity index (χ0n) is 9.61. The maximum atomic E-state index is 13.4. The van der Waals surface area contributed by atoms with Gasteiger partial charge in [0.15, 0.2) is 0 Å². The highest BCUT2D eigenvalue weighted by Crippen LogP contribution is 2.19. The quantitative estimate of drug-likeness (QED) is 0.905. The molecule has 2 aromatic rings. The van der Waals surface area contributed by atoms with Crippen molar-refractivity contribution in [2.24, 2.45) is 0 Å². The van der Waals surface area contributed by atoms with Crippen molar-refractivity contribution < 1.29 is 13.6 Å². The number of rotatable bonds is 3. The summed E-state index contributed by atoms with van der Waals surface area (Å²) in [6.07, 6.45) is 0. The normalized spacial score (nSPS) is 12.2. The van der Waals surface area contributed by atoms with Crippen LogP contribution in [0.5, 0.6) is 0 Å². The molecule has 0 spiro atoms. The van der Waals surface area contributed by atoms with Crippen LogP contribution in [0.2, 0.25) is 0 Å². The molecule has 0 saturated carbocycles. The molecule has 5 heteroatoms. The summed E-state index contributed by atoms with van der Waals surface area (Å²) in [5, 5.41) is 4.57. The molecule has 0 saturated heterocycles. The van der Waals surface area contributed by atoms with E-state index in [1.807, 2.05) is 24.4 Å². The summed E-state index contributed by atoms with van der Waals surface area (Å²) in [7, 11) is 0. The first kappa shape index (κ1) is 12.7. The maximum absolute atomic E-state index is 13.4. The molecule has 0 unspecified atom stereocenters. The van der Waals surface area contributed by atoms with Gasteiger partial charge in [-0.25, -0.2) is 8.78 Å². The van der Waals surface area contributed by atoms with Gasteiger partial charge in [0.2, 0.25) is 0 Å². The Bertz CT molecular complexity index is 554. The van der Waals surface area contributed by atoms with E-state index < -0.39 is 17.5 Å². The number of amides is 1. The first-order chi connectivity index (χ1) is 8.58. The zero-order valence-corrected chi connectivity index (χ0v) is 10.4. The van der Waals surface area contributed by atoms with Crippen molar-refractivity contribution in [1.82, 2.24) is 5.32 Å². The largest absolute Gasteiger partial charge is 0.345 e. The molecule has 18 heavy (non-hydrogen) atoms. The Hall–Kier alpha value is -1.75. The van der Waals surface area contributed by atoms with Crippen molar-refractivity contribution in [3.8, 4) is 0 Å². The third-order valence-corrected chi connectivity index (χ3v) is 3.55. The molecule has 2 rings (SSSR count). The molecule has 1 aromatic carbocycles. The van der Waals surface area contributed by atoms with Gasteiger partial charge in [-0.3, -0.25) is 4.79 Å². The highest BCUT2D eigenvalue weighted by Gasteiger charge is 2.15. The molecule has 1 amide bonds. The lowest BCUT2D eigenvalue weighted by Crippen LogP contribution is -2.27. The Morgan fingerprint density at radius 1 is 1.33 bits per heavy atom. The Balaban J connectivity index is 2.12. The van der Waals surface area contributed by atoms with Crippen LogP contribution >= 0.6 is 11.3 Å². The lowest BCUT2D eigenvalue weighted by Gasteiger charge is -2.12. The lowest BCUT2D eigenvalue weighted by molar-refractivity contribution is 0.0936. The first-order valence-corrected chi connectivity index (χ1v) is 6.25. The molecule has 2 nitrogen and oxygen atoms in total. The Morgan fingerprint density at radius 3 is 2.72 bits per heavy atom. The molecule has 94 valence electrons. The van der Waals surface area contributed by atoms with Gasteiger partial charge in [-0.2, -0.15) is 0 Å². The van der Waals surface area contributed by atoms with E-state index in [4.69, 9.17) is 0 Å². The molecule has 0 fully saturated rings. The van der Waals surface area contributed by atoms with Gasteiger partial charge in [0, 0.05) is 10.9 Å². The van der Waals surface area contributed by atoms with Gasteiger partial charge < -0.3 is 5.32 Å². The van der Waals surface area contributed by atoms with E-state index in [9.17, 15) is 13.6 Å². The van der Waals surface area contributed by atoms with Crippen molar-refractivity contribution in [2.45, 2.75) is 13.0 Å². The smallest absolute Gasteiger partial charge is 0.254 e. The van der Waals surface area contributed by atoms with Crippen LogP contribution < -0.4 is 5.32 Å². The van der Waals surface area contributed by atoms with Crippen molar-refractivity contribution >= 4 is 17.2 Å². The fraction of sp³-hybridized carbons (Fsp3) is 0.154. The third-order valence-electron chi connectivity index (χ3n) is 2.49. The molecular formula is C13H11F2NOS. The zero-order chi connectivity index (χ0) is 13.1. The minimum Gasteiger partial charge on any atom is -0.345 e. The summed E-state index contributed by atoms with van der Waals surface area (Å²) in [5.41, 5.74) is -0.153. The standard InChI is InChI=1S/C13H11F2NOS/c1-8(12-3-2-6-18-12)16-13(17)10-5-4-9(14)7-11(10)15/h2-8H,1H3,(H,16,17)/t8-/m1/s1. The Morgan fingerprint density at radius 2 is 2.11 bits per heavy atom. The van der Waals surface area contributed by atoms with Crippen LogP contribution in [0.25, 0.3) is 0 Å².